The summed E-state index contributed by atoms with van der Waals surface area (Å²) in [6.45, 7) is 4.62. The first-order valence-corrected chi connectivity index (χ1v) is 12.4. The second-order valence-corrected chi connectivity index (χ2v) is 9.03. The first kappa shape index (κ1) is 27.8. The van der Waals surface area contributed by atoms with Crippen LogP contribution in [0.15, 0.2) is 77.9 Å². The Morgan fingerprint density at radius 3 is 2.62 bits per heavy atom. The Morgan fingerprint density at radius 1 is 1.08 bits per heavy atom. The van der Waals surface area contributed by atoms with Crippen molar-refractivity contribution in [1.82, 2.24) is 10.6 Å². The van der Waals surface area contributed by atoms with Gasteiger partial charge in [0.15, 0.2) is 0 Å². The van der Waals surface area contributed by atoms with E-state index in [2.05, 4.69) is 35.0 Å². The van der Waals surface area contributed by atoms with E-state index < -0.39 is 23.6 Å². The lowest BCUT2D eigenvalue weighted by molar-refractivity contribution is -0.114. The van der Waals surface area contributed by atoms with Gasteiger partial charge in [-0.15, -0.1) is 0 Å². The van der Waals surface area contributed by atoms with Gasteiger partial charge in [0.05, 0.1) is 5.56 Å². The molecule has 0 bridgehead atoms. The van der Waals surface area contributed by atoms with E-state index in [9.17, 15) is 23.5 Å². The Kier molecular flexibility index (Phi) is 10.1. The zero-order valence-corrected chi connectivity index (χ0v) is 21.1. The molecule has 0 spiro atoms. The molecule has 3 rings (SSSR count). The Morgan fingerprint density at radius 2 is 1.86 bits per heavy atom. The number of carbonyl (C=O) groups is 2. The van der Waals surface area contributed by atoms with Crippen LogP contribution in [-0.2, 0) is 17.8 Å². The lowest BCUT2D eigenvalue weighted by Gasteiger charge is -2.20. The predicted molar refractivity (Wildman–Crippen MR) is 142 cm³/mol. The lowest BCUT2D eigenvalue weighted by atomic mass is 10.0. The van der Waals surface area contributed by atoms with Crippen LogP contribution in [0.4, 0.5) is 14.5 Å². The average molecular weight is 510 g/mol. The summed E-state index contributed by atoms with van der Waals surface area (Å²) in [5.74, 6) is -2.10. The van der Waals surface area contributed by atoms with Crippen molar-refractivity contribution in [2.75, 3.05) is 11.9 Å². The summed E-state index contributed by atoms with van der Waals surface area (Å²) in [6.07, 6.45) is 5.23. The molecule has 196 valence electrons. The average Bonchev–Trinajstić information content (AvgIpc) is 3.02. The highest BCUT2D eigenvalue weighted by Gasteiger charge is 2.19. The fourth-order valence-electron chi connectivity index (χ4n) is 4.09. The fraction of sp³-hybridized carbons (Fsp3) is 0.310. The maximum absolute atomic E-state index is 14.0. The number of amides is 2. The predicted octanol–water partition coefficient (Wildman–Crippen LogP) is 5.62. The Hall–Kier alpha value is -3.78. The second-order valence-electron chi connectivity index (χ2n) is 9.03. The van der Waals surface area contributed by atoms with Crippen LogP contribution < -0.4 is 16.0 Å². The zero-order chi connectivity index (χ0) is 26.8. The zero-order valence-electron chi connectivity index (χ0n) is 21.1. The number of aryl methyl sites for hydroxylation is 1. The number of phenols is 1. The number of hydrogen-bond acceptors (Lipinski definition) is 4. The van der Waals surface area contributed by atoms with Crippen LogP contribution in [0.2, 0.25) is 0 Å². The molecule has 1 atom stereocenters. The molecule has 8 heteroatoms. The minimum Gasteiger partial charge on any atom is -0.507 e. The molecule has 6 nitrogen and oxygen atoms in total. The molecular weight excluding hydrogens is 476 g/mol. The molecule has 1 aliphatic carbocycles. The van der Waals surface area contributed by atoms with E-state index in [1.54, 1.807) is 0 Å². The van der Waals surface area contributed by atoms with Crippen molar-refractivity contribution in [3.63, 3.8) is 0 Å². The number of allylic oxidation sites excluding steroid dienone is 5. The van der Waals surface area contributed by atoms with E-state index in [-0.39, 0.29) is 30.1 Å². The number of phenolic OH excluding ortho intramolecular Hbond substituents is 1. The fourth-order valence-corrected chi connectivity index (χ4v) is 4.09. The number of halogens is 2. The first-order chi connectivity index (χ1) is 17.7. The quantitative estimate of drug-likeness (QED) is 0.234. The number of carbonyl (C=O) groups excluding carboxylic acids is 2. The van der Waals surface area contributed by atoms with Crippen LogP contribution in [0, 0.1) is 0 Å². The van der Waals surface area contributed by atoms with Gasteiger partial charge in [-0.1, -0.05) is 31.2 Å². The van der Waals surface area contributed by atoms with Crippen molar-refractivity contribution < 1.29 is 23.5 Å². The number of nitrogens with one attached hydrogen (secondary N) is 3. The number of benzene rings is 2. The molecule has 0 radical (unpaired) electrons. The highest BCUT2D eigenvalue weighted by atomic mass is 19.1. The summed E-state index contributed by atoms with van der Waals surface area (Å²) >= 11 is 0. The van der Waals surface area contributed by atoms with Gasteiger partial charge in [0, 0.05) is 31.6 Å². The van der Waals surface area contributed by atoms with Gasteiger partial charge in [0.25, 0.3) is 5.91 Å². The Bertz CT molecular complexity index is 1220. The molecule has 2 aromatic carbocycles. The molecule has 1 unspecified atom stereocenters. The summed E-state index contributed by atoms with van der Waals surface area (Å²) in [5, 5.41) is 19.1. The molecule has 37 heavy (non-hydrogen) atoms. The summed E-state index contributed by atoms with van der Waals surface area (Å²) in [7, 11) is 0. The van der Waals surface area contributed by atoms with Crippen LogP contribution in [0.3, 0.4) is 0 Å². The summed E-state index contributed by atoms with van der Waals surface area (Å²) in [5.41, 5.74) is 3.16. The van der Waals surface area contributed by atoms with Gasteiger partial charge in [0.1, 0.15) is 17.4 Å². The molecule has 0 fully saturated rings. The van der Waals surface area contributed by atoms with Crippen molar-refractivity contribution in [2.45, 2.75) is 52.1 Å². The molecule has 4 N–H and O–H groups in total. The summed E-state index contributed by atoms with van der Waals surface area (Å²) < 4.78 is 28.1. The third-order valence-corrected chi connectivity index (χ3v) is 5.93. The van der Waals surface area contributed by atoms with Crippen LogP contribution in [0.5, 0.6) is 5.75 Å². The highest BCUT2D eigenvalue weighted by molar-refractivity contribution is 5.99. The molecule has 0 aromatic heterocycles. The molecular formula is C29H33F2N3O3. The van der Waals surface area contributed by atoms with Gasteiger partial charge < -0.3 is 21.1 Å². The smallest absolute Gasteiger partial charge is 0.255 e. The van der Waals surface area contributed by atoms with E-state index in [1.165, 1.54) is 48.9 Å². The van der Waals surface area contributed by atoms with Crippen molar-refractivity contribution in [3.05, 3.63) is 94.6 Å². The number of rotatable bonds is 11. The molecule has 0 saturated heterocycles. The maximum Gasteiger partial charge on any atom is 0.255 e. The van der Waals surface area contributed by atoms with Gasteiger partial charge >= 0.3 is 0 Å². The van der Waals surface area contributed by atoms with Gasteiger partial charge in [0.2, 0.25) is 5.91 Å². The Balaban J connectivity index is 1.72. The number of aromatic hydroxyl groups is 1. The largest absolute Gasteiger partial charge is 0.507 e. The number of anilines is 1. The van der Waals surface area contributed by atoms with Crippen LogP contribution >= 0.6 is 0 Å². The van der Waals surface area contributed by atoms with Gasteiger partial charge in [-0.25, -0.2) is 8.78 Å². The summed E-state index contributed by atoms with van der Waals surface area (Å²) in [6, 6.07) is 12.0. The minimum absolute atomic E-state index is 0.0109. The van der Waals surface area contributed by atoms with Crippen LogP contribution in [0.1, 0.15) is 54.6 Å². The van der Waals surface area contributed by atoms with Crippen LogP contribution in [-0.4, -0.2) is 29.5 Å². The van der Waals surface area contributed by atoms with E-state index in [0.29, 0.717) is 30.8 Å². The lowest BCUT2D eigenvalue weighted by Crippen LogP contribution is -2.37. The molecule has 2 amide bonds. The molecule has 1 aliphatic rings. The van der Waals surface area contributed by atoms with E-state index in [0.717, 1.165) is 12.0 Å². The molecule has 0 heterocycles. The standard InChI is InChI=1S/C29H33F2N3O3/c1-3-20-5-4-6-21(13-20)18-32-12-11-26(16-22-14-23(30)7-8-24(31)15-22)34-29(37)27-17-25(33-19(2)35)9-10-28(27)36/h4-7,9-10,13-15,17,26,32,36H,3,8,11-12,16,18H2,1-2H3,(H,33,35)(H,34,37). The monoisotopic (exact) mass is 509 g/mol. The number of hydrogen-bond donors (Lipinski definition) is 4. The van der Waals surface area contributed by atoms with E-state index in [1.807, 2.05) is 12.1 Å². The van der Waals surface area contributed by atoms with Gasteiger partial charge in [-0.2, -0.15) is 0 Å². The molecule has 0 saturated carbocycles. The summed E-state index contributed by atoms with van der Waals surface area (Å²) in [4.78, 5) is 24.5. The SMILES string of the molecule is CCc1cccc(CNCCC(CC2=CC(F)=CCC(F)=C2)NC(=O)c2cc(NC(C)=O)ccc2O)c1. The molecule has 2 aromatic rings. The van der Waals surface area contributed by atoms with E-state index >= 15 is 0 Å². The minimum atomic E-state index is -0.556. The van der Waals surface area contributed by atoms with Crippen molar-refractivity contribution in [2.24, 2.45) is 0 Å². The first-order valence-electron chi connectivity index (χ1n) is 12.4. The Labute approximate surface area is 216 Å². The van der Waals surface area contributed by atoms with Crippen molar-refractivity contribution in [3.8, 4) is 5.75 Å². The third kappa shape index (κ3) is 8.99. The van der Waals surface area contributed by atoms with Crippen molar-refractivity contribution >= 4 is 17.5 Å². The van der Waals surface area contributed by atoms with Gasteiger partial charge in [-0.05, 0) is 78.9 Å². The van der Waals surface area contributed by atoms with E-state index in [4.69, 9.17) is 0 Å². The second kappa shape index (κ2) is 13.5. The normalized spacial score (nSPS) is 14.1. The van der Waals surface area contributed by atoms with Gasteiger partial charge in [-0.3, -0.25) is 9.59 Å². The topological polar surface area (TPSA) is 90.5 Å². The third-order valence-electron chi connectivity index (χ3n) is 5.93. The van der Waals surface area contributed by atoms with Crippen molar-refractivity contribution in [1.29, 1.82) is 0 Å². The highest BCUT2D eigenvalue weighted by Crippen LogP contribution is 2.24. The maximum atomic E-state index is 14.0. The molecule has 0 aliphatic heterocycles. The van der Waals surface area contributed by atoms with Crippen LogP contribution in [0.25, 0.3) is 0 Å².